The molecule has 4 nitrogen and oxygen atoms in total. The molecule has 0 aliphatic carbocycles. The second kappa shape index (κ2) is 5.19. The Labute approximate surface area is 108 Å². The Bertz CT molecular complexity index is 481. The highest BCUT2D eigenvalue weighted by atomic mass is 79.9. The monoisotopic (exact) mass is 293 g/mol. The van der Waals surface area contributed by atoms with Crippen molar-refractivity contribution < 1.29 is 4.79 Å². The maximum absolute atomic E-state index is 11.0. The standard InChI is InChI=1S/C12H12BrN3O/c13-9-1-3-11(8(5-9)6-14)15-7-10-2-4-12(17)16-10/h1,3,5,10,15H,2,4,7H2,(H,16,17). The summed E-state index contributed by atoms with van der Waals surface area (Å²) in [4.78, 5) is 11.0. The van der Waals surface area contributed by atoms with E-state index in [1.54, 1.807) is 6.07 Å². The molecule has 0 spiro atoms. The summed E-state index contributed by atoms with van der Waals surface area (Å²) in [5.41, 5.74) is 1.40. The van der Waals surface area contributed by atoms with Gasteiger partial charge in [-0.1, -0.05) is 15.9 Å². The molecule has 5 heteroatoms. The first-order valence-electron chi connectivity index (χ1n) is 5.42. The number of hydrogen-bond donors (Lipinski definition) is 2. The third kappa shape index (κ3) is 2.98. The average Bonchev–Trinajstić information content (AvgIpc) is 2.73. The molecule has 0 saturated carbocycles. The van der Waals surface area contributed by atoms with Crippen molar-refractivity contribution in [2.24, 2.45) is 0 Å². The molecule has 1 aromatic carbocycles. The van der Waals surface area contributed by atoms with Crippen molar-refractivity contribution in [3.05, 3.63) is 28.2 Å². The van der Waals surface area contributed by atoms with Gasteiger partial charge in [-0.2, -0.15) is 5.26 Å². The van der Waals surface area contributed by atoms with E-state index < -0.39 is 0 Å². The van der Waals surface area contributed by atoms with Gasteiger partial charge in [-0.15, -0.1) is 0 Å². The molecule has 0 radical (unpaired) electrons. The summed E-state index contributed by atoms with van der Waals surface area (Å²) in [6.45, 7) is 0.655. The van der Waals surface area contributed by atoms with Gasteiger partial charge in [-0.3, -0.25) is 4.79 Å². The molecule has 1 amide bonds. The zero-order valence-corrected chi connectivity index (χ0v) is 10.8. The van der Waals surface area contributed by atoms with Crippen LogP contribution in [0, 0.1) is 11.3 Å². The van der Waals surface area contributed by atoms with Gasteiger partial charge in [0.1, 0.15) is 6.07 Å². The molecule has 2 rings (SSSR count). The van der Waals surface area contributed by atoms with Gasteiger partial charge >= 0.3 is 0 Å². The highest BCUT2D eigenvalue weighted by molar-refractivity contribution is 9.10. The first-order chi connectivity index (χ1) is 8.19. The molecule has 1 aliphatic rings. The second-order valence-corrected chi connectivity index (χ2v) is 4.90. The lowest BCUT2D eigenvalue weighted by atomic mass is 10.1. The van der Waals surface area contributed by atoms with E-state index in [-0.39, 0.29) is 11.9 Å². The molecule has 1 aliphatic heterocycles. The minimum atomic E-state index is 0.105. The van der Waals surface area contributed by atoms with Gasteiger partial charge in [-0.05, 0) is 24.6 Å². The number of nitrogens with one attached hydrogen (secondary N) is 2. The molecular weight excluding hydrogens is 282 g/mol. The van der Waals surface area contributed by atoms with Gasteiger partial charge in [0.25, 0.3) is 0 Å². The first-order valence-corrected chi connectivity index (χ1v) is 6.21. The molecule has 1 heterocycles. The van der Waals surface area contributed by atoms with Crippen LogP contribution in [0.25, 0.3) is 0 Å². The first kappa shape index (κ1) is 11.9. The second-order valence-electron chi connectivity index (χ2n) is 3.99. The fraction of sp³-hybridized carbons (Fsp3) is 0.333. The maximum Gasteiger partial charge on any atom is 0.220 e. The van der Waals surface area contributed by atoms with Crippen LogP contribution < -0.4 is 10.6 Å². The Kier molecular flexibility index (Phi) is 3.64. The summed E-state index contributed by atoms with van der Waals surface area (Å²) in [5, 5.41) is 15.1. The summed E-state index contributed by atoms with van der Waals surface area (Å²) < 4.78 is 0.883. The molecule has 88 valence electrons. The Hall–Kier alpha value is -1.54. The molecule has 17 heavy (non-hydrogen) atoms. The van der Waals surface area contributed by atoms with Gasteiger partial charge in [0.2, 0.25) is 5.91 Å². The van der Waals surface area contributed by atoms with Gasteiger partial charge < -0.3 is 10.6 Å². The molecular formula is C12H12BrN3O. The lowest BCUT2D eigenvalue weighted by Gasteiger charge is -2.13. The Morgan fingerprint density at radius 1 is 1.59 bits per heavy atom. The summed E-state index contributed by atoms with van der Waals surface area (Å²) in [7, 11) is 0. The number of benzene rings is 1. The molecule has 0 bridgehead atoms. The number of rotatable bonds is 3. The van der Waals surface area contributed by atoms with E-state index in [4.69, 9.17) is 5.26 Å². The van der Waals surface area contributed by atoms with Crippen molar-refractivity contribution in [1.29, 1.82) is 5.26 Å². The Morgan fingerprint density at radius 2 is 2.41 bits per heavy atom. The highest BCUT2D eigenvalue weighted by Crippen LogP contribution is 2.20. The van der Waals surface area contributed by atoms with E-state index in [2.05, 4.69) is 32.6 Å². The number of halogens is 1. The summed E-state index contributed by atoms with van der Waals surface area (Å²) >= 11 is 3.33. The zero-order valence-electron chi connectivity index (χ0n) is 9.16. The van der Waals surface area contributed by atoms with E-state index in [9.17, 15) is 4.79 Å². The predicted molar refractivity (Wildman–Crippen MR) is 68.5 cm³/mol. The molecule has 1 saturated heterocycles. The molecule has 1 unspecified atom stereocenters. The van der Waals surface area contributed by atoms with Crippen molar-refractivity contribution in [1.82, 2.24) is 5.32 Å². The van der Waals surface area contributed by atoms with Crippen molar-refractivity contribution in [3.63, 3.8) is 0 Å². The number of carbonyl (C=O) groups is 1. The van der Waals surface area contributed by atoms with Crippen molar-refractivity contribution in [2.45, 2.75) is 18.9 Å². The van der Waals surface area contributed by atoms with Crippen LogP contribution in [0.5, 0.6) is 0 Å². The molecule has 2 N–H and O–H groups in total. The summed E-state index contributed by atoms with van der Waals surface area (Å²) in [5.74, 6) is 0.105. The van der Waals surface area contributed by atoms with Crippen LogP contribution >= 0.6 is 15.9 Å². The predicted octanol–water partition coefficient (Wildman–Crippen LogP) is 2.01. The van der Waals surface area contributed by atoms with Crippen molar-refractivity contribution >= 4 is 27.5 Å². The normalized spacial score (nSPS) is 18.6. The minimum absolute atomic E-state index is 0.105. The van der Waals surface area contributed by atoms with Crippen molar-refractivity contribution in [2.75, 3.05) is 11.9 Å². The largest absolute Gasteiger partial charge is 0.382 e. The number of nitriles is 1. The van der Waals surface area contributed by atoms with E-state index in [1.807, 2.05) is 12.1 Å². The Balaban J connectivity index is 1.99. The van der Waals surface area contributed by atoms with E-state index in [0.29, 0.717) is 18.5 Å². The van der Waals surface area contributed by atoms with Crippen LogP contribution in [0.2, 0.25) is 0 Å². The van der Waals surface area contributed by atoms with Crippen LogP contribution in [0.3, 0.4) is 0 Å². The van der Waals surface area contributed by atoms with Crippen molar-refractivity contribution in [3.8, 4) is 6.07 Å². The third-order valence-corrected chi connectivity index (χ3v) is 3.22. The quantitative estimate of drug-likeness (QED) is 0.896. The van der Waals surface area contributed by atoms with Gasteiger partial charge in [0.15, 0.2) is 0 Å². The fourth-order valence-corrected chi connectivity index (χ4v) is 2.19. The van der Waals surface area contributed by atoms with Gasteiger partial charge in [-0.25, -0.2) is 0 Å². The van der Waals surface area contributed by atoms with Crippen LogP contribution in [-0.2, 0) is 4.79 Å². The number of hydrogen-bond acceptors (Lipinski definition) is 3. The molecule has 1 fully saturated rings. The smallest absolute Gasteiger partial charge is 0.220 e. The lowest BCUT2D eigenvalue weighted by molar-refractivity contribution is -0.119. The molecule has 1 atom stereocenters. The van der Waals surface area contributed by atoms with Gasteiger partial charge in [0.05, 0.1) is 11.3 Å². The summed E-state index contributed by atoms with van der Waals surface area (Å²) in [6, 6.07) is 7.82. The van der Waals surface area contributed by atoms with Crippen LogP contribution in [0.1, 0.15) is 18.4 Å². The number of anilines is 1. The number of nitrogens with zero attached hydrogens (tertiary/aromatic N) is 1. The van der Waals surface area contributed by atoms with Gasteiger partial charge in [0, 0.05) is 23.5 Å². The minimum Gasteiger partial charge on any atom is -0.382 e. The zero-order chi connectivity index (χ0) is 12.3. The number of amides is 1. The molecule has 1 aromatic rings. The summed E-state index contributed by atoms with van der Waals surface area (Å²) in [6.07, 6.45) is 1.45. The van der Waals surface area contributed by atoms with E-state index in [1.165, 1.54) is 0 Å². The van der Waals surface area contributed by atoms with Crippen LogP contribution in [0.15, 0.2) is 22.7 Å². The Morgan fingerprint density at radius 3 is 3.06 bits per heavy atom. The lowest BCUT2D eigenvalue weighted by Crippen LogP contribution is -2.31. The van der Waals surface area contributed by atoms with E-state index >= 15 is 0 Å². The number of carbonyl (C=O) groups excluding carboxylic acids is 1. The maximum atomic E-state index is 11.0. The SMILES string of the molecule is N#Cc1cc(Br)ccc1NCC1CCC(=O)N1. The van der Waals surface area contributed by atoms with Crippen LogP contribution in [0.4, 0.5) is 5.69 Å². The fourth-order valence-electron chi connectivity index (χ4n) is 1.83. The topological polar surface area (TPSA) is 64.9 Å². The van der Waals surface area contributed by atoms with E-state index in [0.717, 1.165) is 16.6 Å². The molecule has 0 aromatic heterocycles. The average molecular weight is 294 g/mol. The highest BCUT2D eigenvalue weighted by Gasteiger charge is 2.20. The third-order valence-electron chi connectivity index (χ3n) is 2.73. The van der Waals surface area contributed by atoms with Crippen LogP contribution in [-0.4, -0.2) is 18.5 Å².